The van der Waals surface area contributed by atoms with E-state index in [2.05, 4.69) is 10.4 Å². The first kappa shape index (κ1) is 11.5. The SMILES string of the molecule is NNc1cc(Cn2c(=O)oc3ccccc32)ccn1. The van der Waals surface area contributed by atoms with Crippen molar-refractivity contribution in [2.75, 3.05) is 5.43 Å². The van der Waals surface area contributed by atoms with Crippen LogP contribution in [0.2, 0.25) is 0 Å². The molecule has 6 heteroatoms. The fourth-order valence-corrected chi connectivity index (χ4v) is 2.00. The normalized spacial score (nSPS) is 10.8. The predicted octanol–water partition coefficient (Wildman–Crippen LogP) is 1.32. The third kappa shape index (κ3) is 2.09. The van der Waals surface area contributed by atoms with E-state index in [9.17, 15) is 4.79 Å². The Kier molecular flexibility index (Phi) is 2.77. The minimum absolute atomic E-state index is 0.375. The van der Waals surface area contributed by atoms with Gasteiger partial charge in [0.25, 0.3) is 0 Å². The van der Waals surface area contributed by atoms with Gasteiger partial charge in [-0.05, 0) is 29.8 Å². The second-order valence-electron chi connectivity index (χ2n) is 4.12. The number of pyridine rings is 1. The fourth-order valence-electron chi connectivity index (χ4n) is 2.00. The average molecular weight is 256 g/mol. The highest BCUT2D eigenvalue weighted by Gasteiger charge is 2.09. The van der Waals surface area contributed by atoms with Crippen molar-refractivity contribution in [1.29, 1.82) is 0 Å². The van der Waals surface area contributed by atoms with Gasteiger partial charge < -0.3 is 9.84 Å². The van der Waals surface area contributed by atoms with Crippen molar-refractivity contribution in [2.24, 2.45) is 5.84 Å². The van der Waals surface area contributed by atoms with Crippen LogP contribution in [0.3, 0.4) is 0 Å². The Morgan fingerprint density at radius 3 is 3.00 bits per heavy atom. The van der Waals surface area contributed by atoms with Crippen LogP contribution in [0.1, 0.15) is 5.56 Å². The molecule has 2 heterocycles. The summed E-state index contributed by atoms with van der Waals surface area (Å²) in [5, 5.41) is 0. The molecule has 0 radical (unpaired) electrons. The first-order valence-corrected chi connectivity index (χ1v) is 5.78. The molecular formula is C13H12N4O2. The summed E-state index contributed by atoms with van der Waals surface area (Å²) in [5.74, 6) is 5.49. The van der Waals surface area contributed by atoms with Crippen molar-refractivity contribution in [2.45, 2.75) is 6.54 Å². The molecule has 0 aliphatic heterocycles. The molecule has 0 atom stereocenters. The molecule has 3 aromatic rings. The maximum atomic E-state index is 11.8. The van der Waals surface area contributed by atoms with E-state index in [1.807, 2.05) is 24.3 Å². The topological polar surface area (TPSA) is 86.1 Å². The fraction of sp³-hybridized carbons (Fsp3) is 0.0769. The van der Waals surface area contributed by atoms with E-state index in [-0.39, 0.29) is 5.76 Å². The maximum Gasteiger partial charge on any atom is 0.420 e. The van der Waals surface area contributed by atoms with Crippen LogP contribution in [-0.4, -0.2) is 9.55 Å². The van der Waals surface area contributed by atoms with Crippen LogP contribution in [0.4, 0.5) is 5.82 Å². The van der Waals surface area contributed by atoms with Crippen molar-refractivity contribution < 1.29 is 4.42 Å². The lowest BCUT2D eigenvalue weighted by molar-refractivity contribution is 0.517. The number of nitrogens with zero attached hydrogens (tertiary/aromatic N) is 2. The van der Waals surface area contributed by atoms with Gasteiger partial charge in [-0.3, -0.25) is 4.57 Å². The molecule has 0 aliphatic carbocycles. The lowest BCUT2D eigenvalue weighted by Crippen LogP contribution is -2.15. The Bertz CT molecular complexity index is 775. The van der Waals surface area contributed by atoms with Gasteiger partial charge in [0, 0.05) is 6.20 Å². The standard InChI is InChI=1S/C13H12N4O2/c14-16-12-7-9(5-6-15-12)8-17-10-3-1-2-4-11(10)19-13(17)18/h1-7H,8,14H2,(H,15,16). The van der Waals surface area contributed by atoms with E-state index in [0.29, 0.717) is 17.9 Å². The van der Waals surface area contributed by atoms with Gasteiger partial charge in [0.15, 0.2) is 5.58 Å². The van der Waals surface area contributed by atoms with Gasteiger partial charge in [-0.2, -0.15) is 0 Å². The minimum Gasteiger partial charge on any atom is -0.408 e. The number of oxazole rings is 1. The van der Waals surface area contributed by atoms with E-state index in [0.717, 1.165) is 11.1 Å². The Labute approximate surface area is 108 Å². The third-order valence-corrected chi connectivity index (χ3v) is 2.89. The number of aromatic nitrogens is 2. The highest BCUT2D eigenvalue weighted by Crippen LogP contribution is 2.14. The Morgan fingerprint density at radius 2 is 2.16 bits per heavy atom. The first-order chi connectivity index (χ1) is 9.28. The van der Waals surface area contributed by atoms with Crippen LogP contribution < -0.4 is 17.0 Å². The van der Waals surface area contributed by atoms with Crippen LogP contribution in [0.25, 0.3) is 11.1 Å². The monoisotopic (exact) mass is 256 g/mol. The number of nitrogens with one attached hydrogen (secondary N) is 1. The quantitative estimate of drug-likeness (QED) is 0.545. The average Bonchev–Trinajstić information content (AvgIpc) is 2.76. The van der Waals surface area contributed by atoms with Crippen molar-refractivity contribution >= 4 is 16.9 Å². The first-order valence-electron chi connectivity index (χ1n) is 5.78. The number of fused-ring (bicyclic) bond motifs is 1. The van der Waals surface area contributed by atoms with Crippen LogP contribution in [-0.2, 0) is 6.54 Å². The zero-order valence-corrected chi connectivity index (χ0v) is 10.0. The van der Waals surface area contributed by atoms with Crippen molar-refractivity contribution in [3.63, 3.8) is 0 Å². The van der Waals surface area contributed by atoms with Crippen LogP contribution >= 0.6 is 0 Å². The summed E-state index contributed by atoms with van der Waals surface area (Å²) in [6.07, 6.45) is 1.64. The summed E-state index contributed by atoms with van der Waals surface area (Å²) in [5.41, 5.74) is 4.74. The van der Waals surface area contributed by atoms with Crippen molar-refractivity contribution in [3.05, 3.63) is 58.7 Å². The van der Waals surface area contributed by atoms with Crippen LogP contribution in [0.5, 0.6) is 0 Å². The molecule has 0 fully saturated rings. The molecule has 3 rings (SSSR count). The summed E-state index contributed by atoms with van der Waals surface area (Å²) < 4.78 is 6.75. The molecule has 0 aliphatic rings. The van der Waals surface area contributed by atoms with Gasteiger partial charge in [0.1, 0.15) is 5.82 Å². The Hall–Kier alpha value is -2.60. The molecule has 2 aromatic heterocycles. The predicted molar refractivity (Wildman–Crippen MR) is 71.6 cm³/mol. The summed E-state index contributed by atoms with van der Waals surface area (Å²) >= 11 is 0. The van der Waals surface area contributed by atoms with Gasteiger partial charge in [0.2, 0.25) is 0 Å². The highest BCUT2D eigenvalue weighted by molar-refractivity contribution is 5.72. The largest absolute Gasteiger partial charge is 0.420 e. The number of anilines is 1. The number of hydrogen-bond donors (Lipinski definition) is 2. The molecule has 96 valence electrons. The number of benzene rings is 1. The number of nitrogens with two attached hydrogens (primary N) is 1. The zero-order chi connectivity index (χ0) is 13.2. The Morgan fingerprint density at radius 1 is 1.32 bits per heavy atom. The molecule has 0 spiro atoms. The molecule has 0 saturated carbocycles. The summed E-state index contributed by atoms with van der Waals surface area (Å²) in [4.78, 5) is 15.9. The van der Waals surface area contributed by atoms with Gasteiger partial charge in [-0.15, -0.1) is 0 Å². The molecule has 0 unspecified atom stereocenters. The second-order valence-corrected chi connectivity index (χ2v) is 4.12. The molecular weight excluding hydrogens is 244 g/mol. The third-order valence-electron chi connectivity index (χ3n) is 2.89. The number of hydrogen-bond acceptors (Lipinski definition) is 5. The van der Waals surface area contributed by atoms with E-state index in [1.165, 1.54) is 0 Å². The number of hydrazine groups is 1. The zero-order valence-electron chi connectivity index (χ0n) is 10.0. The second kappa shape index (κ2) is 4.58. The van der Waals surface area contributed by atoms with Crippen LogP contribution in [0.15, 0.2) is 51.8 Å². The van der Waals surface area contributed by atoms with Gasteiger partial charge in [0.05, 0.1) is 12.1 Å². The lowest BCUT2D eigenvalue weighted by Gasteiger charge is -2.04. The molecule has 0 saturated heterocycles. The van der Waals surface area contributed by atoms with Crippen LogP contribution in [0, 0.1) is 0 Å². The number of para-hydroxylation sites is 2. The van der Waals surface area contributed by atoms with E-state index in [1.54, 1.807) is 22.9 Å². The van der Waals surface area contributed by atoms with E-state index >= 15 is 0 Å². The van der Waals surface area contributed by atoms with Gasteiger partial charge >= 0.3 is 5.76 Å². The molecule has 0 bridgehead atoms. The van der Waals surface area contributed by atoms with Gasteiger partial charge in [-0.25, -0.2) is 15.6 Å². The minimum atomic E-state index is -0.375. The number of rotatable bonds is 3. The van der Waals surface area contributed by atoms with Crippen molar-refractivity contribution in [3.8, 4) is 0 Å². The number of nitrogen functional groups attached to an aromatic ring is 1. The molecule has 1 aromatic carbocycles. The summed E-state index contributed by atoms with van der Waals surface area (Å²) in [6.45, 7) is 0.410. The summed E-state index contributed by atoms with van der Waals surface area (Å²) in [7, 11) is 0. The Balaban J connectivity index is 2.05. The summed E-state index contributed by atoms with van der Waals surface area (Å²) in [6, 6.07) is 10.9. The molecule has 0 amide bonds. The molecule has 6 nitrogen and oxygen atoms in total. The molecule has 3 N–H and O–H groups in total. The maximum absolute atomic E-state index is 11.8. The van der Waals surface area contributed by atoms with E-state index in [4.69, 9.17) is 10.3 Å². The smallest absolute Gasteiger partial charge is 0.408 e. The van der Waals surface area contributed by atoms with E-state index < -0.39 is 0 Å². The van der Waals surface area contributed by atoms with Gasteiger partial charge in [-0.1, -0.05) is 12.1 Å². The highest BCUT2D eigenvalue weighted by atomic mass is 16.4. The van der Waals surface area contributed by atoms with Crippen molar-refractivity contribution in [1.82, 2.24) is 9.55 Å². The lowest BCUT2D eigenvalue weighted by atomic mass is 10.2. The molecule has 19 heavy (non-hydrogen) atoms.